The lowest BCUT2D eigenvalue weighted by Gasteiger charge is -2.10. The Morgan fingerprint density at radius 1 is 0.947 bits per heavy atom. The Morgan fingerprint density at radius 2 is 1.55 bits per heavy atom. The van der Waals surface area contributed by atoms with Gasteiger partial charge >= 0.3 is 0 Å². The molecule has 0 aliphatic carbocycles. The first-order valence-corrected chi connectivity index (χ1v) is 12.9. The Labute approximate surface area is 218 Å². The largest absolute Gasteiger partial charge is 0.497 e. The van der Waals surface area contributed by atoms with Crippen LogP contribution in [0.5, 0.6) is 11.5 Å². The molecule has 1 amide bonds. The van der Waals surface area contributed by atoms with Crippen molar-refractivity contribution >= 4 is 43.9 Å². The molecule has 5 N–H and O–H groups in total. The number of hydrogen-bond donors (Lipinski definition) is 3. The summed E-state index contributed by atoms with van der Waals surface area (Å²) in [6, 6.07) is 18.4. The second-order valence-electron chi connectivity index (χ2n) is 8.42. The van der Waals surface area contributed by atoms with E-state index in [1.165, 1.54) is 24.3 Å². The molecule has 5 rings (SSSR count). The summed E-state index contributed by atoms with van der Waals surface area (Å²) in [6.45, 7) is 0.169. The average molecular weight is 533 g/mol. The molecule has 12 heteroatoms. The average Bonchev–Trinajstić information content (AvgIpc) is 3.20. The molecule has 5 aromatic rings. The van der Waals surface area contributed by atoms with Crippen LogP contribution in [0.3, 0.4) is 0 Å². The molecule has 0 aliphatic rings. The van der Waals surface area contributed by atoms with Crippen LogP contribution in [0.4, 0.5) is 5.82 Å². The highest BCUT2D eigenvalue weighted by Gasteiger charge is 2.25. The highest BCUT2D eigenvalue weighted by atomic mass is 32.2. The van der Waals surface area contributed by atoms with Crippen LogP contribution < -0.4 is 25.7 Å². The maximum absolute atomic E-state index is 13.5. The second-order valence-corrected chi connectivity index (χ2v) is 9.98. The van der Waals surface area contributed by atoms with Gasteiger partial charge in [0.15, 0.2) is 5.65 Å². The first kappa shape index (κ1) is 25.0. The van der Waals surface area contributed by atoms with Crippen molar-refractivity contribution in [2.45, 2.75) is 11.4 Å². The van der Waals surface area contributed by atoms with E-state index in [-0.39, 0.29) is 22.8 Å². The van der Waals surface area contributed by atoms with Crippen molar-refractivity contribution < 1.29 is 22.7 Å². The van der Waals surface area contributed by atoms with Gasteiger partial charge in [-0.15, -0.1) is 0 Å². The van der Waals surface area contributed by atoms with E-state index in [4.69, 9.17) is 30.3 Å². The SMILES string of the molecule is COc1cc(CNC(=O)c2c(N)n(-c3ccc(S(N)(=O)=O)cc3)c3nc4ccccc4nc23)cc(OC)c1. The smallest absolute Gasteiger partial charge is 0.257 e. The van der Waals surface area contributed by atoms with Crippen LogP contribution >= 0.6 is 0 Å². The summed E-state index contributed by atoms with van der Waals surface area (Å²) in [5.41, 5.74) is 9.77. The van der Waals surface area contributed by atoms with E-state index < -0.39 is 15.9 Å². The zero-order valence-corrected chi connectivity index (χ0v) is 21.3. The summed E-state index contributed by atoms with van der Waals surface area (Å²) in [7, 11) is -0.792. The number of rotatable bonds is 7. The Bertz CT molecular complexity index is 1780. The highest BCUT2D eigenvalue weighted by molar-refractivity contribution is 7.89. The van der Waals surface area contributed by atoms with Crippen molar-refractivity contribution in [1.82, 2.24) is 19.9 Å². The van der Waals surface area contributed by atoms with E-state index in [1.807, 2.05) is 12.1 Å². The lowest BCUT2D eigenvalue weighted by atomic mass is 10.2. The number of amides is 1. The van der Waals surface area contributed by atoms with Gasteiger partial charge in [0.1, 0.15) is 28.4 Å². The van der Waals surface area contributed by atoms with Gasteiger partial charge < -0.3 is 20.5 Å². The summed E-state index contributed by atoms with van der Waals surface area (Å²) in [5, 5.41) is 8.13. The van der Waals surface area contributed by atoms with Crippen molar-refractivity contribution in [2.24, 2.45) is 5.14 Å². The Balaban J connectivity index is 1.61. The van der Waals surface area contributed by atoms with Crippen molar-refractivity contribution in [3.8, 4) is 17.2 Å². The van der Waals surface area contributed by atoms with Gasteiger partial charge in [-0.25, -0.2) is 23.5 Å². The monoisotopic (exact) mass is 532 g/mol. The number of nitrogens with zero attached hydrogens (tertiary/aromatic N) is 3. The molecule has 0 radical (unpaired) electrons. The molecule has 0 bridgehead atoms. The normalized spacial score (nSPS) is 11.6. The fourth-order valence-corrected chi connectivity index (χ4v) is 4.69. The van der Waals surface area contributed by atoms with Gasteiger partial charge in [0.25, 0.3) is 5.91 Å². The number of nitrogens with one attached hydrogen (secondary N) is 1. The standard InChI is InChI=1S/C26H24N6O5S/c1-36-17-11-15(12-18(13-17)37-2)14-29-26(33)22-23-25(31-21-6-4-3-5-20(21)30-23)32(24(22)27)16-7-9-19(10-8-16)38(28,34)35/h3-13H,14,27H2,1-2H3,(H,29,33)(H2,28,34,35). The molecular formula is C26H24N6O5S. The maximum Gasteiger partial charge on any atom is 0.257 e. The molecule has 11 nitrogen and oxygen atoms in total. The third-order valence-electron chi connectivity index (χ3n) is 6.01. The minimum absolute atomic E-state index is 0.0560. The summed E-state index contributed by atoms with van der Waals surface area (Å²) in [5.74, 6) is 0.813. The lowest BCUT2D eigenvalue weighted by Crippen LogP contribution is -2.24. The molecule has 3 aromatic carbocycles. The minimum atomic E-state index is -3.89. The number of hydrogen-bond acceptors (Lipinski definition) is 8. The number of ether oxygens (including phenoxy) is 2. The number of aromatic nitrogens is 3. The van der Waals surface area contributed by atoms with Gasteiger partial charge in [0, 0.05) is 18.3 Å². The molecule has 38 heavy (non-hydrogen) atoms. The summed E-state index contributed by atoms with van der Waals surface area (Å²) >= 11 is 0. The number of nitrogens with two attached hydrogens (primary N) is 2. The van der Waals surface area contributed by atoms with E-state index >= 15 is 0 Å². The van der Waals surface area contributed by atoms with Crippen LogP contribution in [-0.2, 0) is 16.6 Å². The van der Waals surface area contributed by atoms with Crippen LogP contribution in [0.15, 0.2) is 71.6 Å². The quantitative estimate of drug-likeness (QED) is 0.288. The predicted octanol–water partition coefficient (Wildman–Crippen LogP) is 2.75. The Morgan fingerprint density at radius 3 is 2.13 bits per heavy atom. The van der Waals surface area contributed by atoms with Crippen LogP contribution in [0.25, 0.3) is 27.9 Å². The predicted molar refractivity (Wildman–Crippen MR) is 143 cm³/mol. The molecule has 0 atom stereocenters. The van der Waals surface area contributed by atoms with Crippen molar-refractivity contribution in [1.29, 1.82) is 0 Å². The van der Waals surface area contributed by atoms with Gasteiger partial charge in [-0.05, 0) is 54.1 Å². The number of anilines is 1. The minimum Gasteiger partial charge on any atom is -0.497 e. The topological polar surface area (TPSA) is 164 Å². The van der Waals surface area contributed by atoms with Crippen molar-refractivity contribution in [2.75, 3.05) is 20.0 Å². The lowest BCUT2D eigenvalue weighted by molar-refractivity contribution is 0.0953. The van der Waals surface area contributed by atoms with E-state index in [0.717, 1.165) is 5.56 Å². The van der Waals surface area contributed by atoms with Gasteiger partial charge in [0.05, 0.1) is 30.1 Å². The van der Waals surface area contributed by atoms with Crippen LogP contribution in [0.1, 0.15) is 15.9 Å². The molecule has 2 heterocycles. The van der Waals surface area contributed by atoms with Crippen LogP contribution in [0, 0.1) is 0 Å². The number of benzene rings is 3. The number of carbonyl (C=O) groups is 1. The number of primary sulfonamides is 1. The molecule has 2 aromatic heterocycles. The Kier molecular flexibility index (Phi) is 6.35. The molecule has 0 unspecified atom stereocenters. The second kappa shape index (κ2) is 9.65. The fraction of sp³-hybridized carbons (Fsp3) is 0.115. The highest BCUT2D eigenvalue weighted by Crippen LogP contribution is 2.31. The van der Waals surface area contributed by atoms with Crippen molar-refractivity contribution in [3.63, 3.8) is 0 Å². The molecule has 0 saturated heterocycles. The number of nitrogen functional groups attached to an aromatic ring is 1. The Hall–Kier alpha value is -4.68. The summed E-state index contributed by atoms with van der Waals surface area (Å²) in [6.07, 6.45) is 0. The third kappa shape index (κ3) is 4.58. The van der Waals surface area contributed by atoms with E-state index in [0.29, 0.717) is 39.4 Å². The zero-order valence-electron chi connectivity index (χ0n) is 20.5. The van der Waals surface area contributed by atoms with Gasteiger partial charge in [-0.3, -0.25) is 9.36 Å². The summed E-state index contributed by atoms with van der Waals surface area (Å²) in [4.78, 5) is 22.9. The number of para-hydroxylation sites is 2. The number of carbonyl (C=O) groups excluding carboxylic acids is 1. The number of methoxy groups -OCH3 is 2. The van der Waals surface area contributed by atoms with Gasteiger partial charge in [0.2, 0.25) is 10.0 Å². The van der Waals surface area contributed by atoms with Gasteiger partial charge in [-0.1, -0.05) is 12.1 Å². The summed E-state index contributed by atoms with van der Waals surface area (Å²) < 4.78 is 35.6. The first-order valence-electron chi connectivity index (χ1n) is 11.4. The fourth-order valence-electron chi connectivity index (χ4n) is 4.17. The molecule has 0 spiro atoms. The molecule has 0 aliphatic heterocycles. The zero-order chi connectivity index (χ0) is 27.0. The van der Waals surface area contributed by atoms with E-state index in [1.54, 1.807) is 49.1 Å². The molecule has 194 valence electrons. The molecule has 0 saturated carbocycles. The van der Waals surface area contributed by atoms with Gasteiger partial charge in [-0.2, -0.15) is 0 Å². The van der Waals surface area contributed by atoms with Crippen molar-refractivity contribution in [3.05, 3.63) is 77.9 Å². The van der Waals surface area contributed by atoms with E-state index in [2.05, 4.69) is 5.32 Å². The number of fused-ring (bicyclic) bond motifs is 2. The number of sulfonamides is 1. The maximum atomic E-state index is 13.5. The van der Waals surface area contributed by atoms with Crippen LogP contribution in [0.2, 0.25) is 0 Å². The van der Waals surface area contributed by atoms with Crippen LogP contribution in [-0.4, -0.2) is 43.1 Å². The third-order valence-corrected chi connectivity index (χ3v) is 6.94. The molecular weight excluding hydrogens is 508 g/mol. The first-order chi connectivity index (χ1) is 18.2. The molecule has 0 fully saturated rings. The van der Waals surface area contributed by atoms with E-state index in [9.17, 15) is 13.2 Å².